The highest BCUT2D eigenvalue weighted by molar-refractivity contribution is 6.30. The van der Waals surface area contributed by atoms with Crippen LogP contribution in [0.3, 0.4) is 0 Å². The molecule has 2 aromatic carbocycles. The van der Waals surface area contributed by atoms with E-state index < -0.39 is 0 Å². The zero-order chi connectivity index (χ0) is 18.4. The van der Waals surface area contributed by atoms with Gasteiger partial charge in [0, 0.05) is 29.8 Å². The van der Waals surface area contributed by atoms with Crippen LogP contribution in [-0.4, -0.2) is 23.6 Å². The van der Waals surface area contributed by atoms with Gasteiger partial charge in [0.25, 0.3) is 0 Å². The molecule has 140 valence electrons. The van der Waals surface area contributed by atoms with Crippen LogP contribution in [0.5, 0.6) is 11.5 Å². The molecule has 0 saturated heterocycles. The largest absolute Gasteiger partial charge is 0.493 e. The summed E-state index contributed by atoms with van der Waals surface area (Å²) in [4.78, 5) is 0. The van der Waals surface area contributed by atoms with Crippen molar-refractivity contribution in [1.29, 1.82) is 0 Å². The van der Waals surface area contributed by atoms with Crippen LogP contribution >= 0.6 is 11.6 Å². The molecule has 0 unspecified atom stereocenters. The third-order valence-corrected chi connectivity index (χ3v) is 6.27. The van der Waals surface area contributed by atoms with E-state index in [-0.39, 0.29) is 11.8 Å². The van der Waals surface area contributed by atoms with E-state index in [0.29, 0.717) is 0 Å². The van der Waals surface area contributed by atoms with Crippen molar-refractivity contribution in [3.05, 3.63) is 58.6 Å². The first-order chi connectivity index (χ1) is 13.2. The van der Waals surface area contributed by atoms with E-state index in [1.807, 2.05) is 24.3 Å². The van der Waals surface area contributed by atoms with Gasteiger partial charge in [-0.15, -0.1) is 0 Å². The van der Waals surface area contributed by atoms with Crippen LogP contribution in [0.25, 0.3) is 0 Å². The van der Waals surface area contributed by atoms with Crippen molar-refractivity contribution in [3.63, 3.8) is 0 Å². The average molecular weight is 383 g/mol. The zero-order valence-electron chi connectivity index (χ0n) is 15.5. The fraction of sp³-hybridized carbons (Fsp3) is 0.409. The third kappa shape index (κ3) is 2.69. The summed E-state index contributed by atoms with van der Waals surface area (Å²) >= 11 is 6.07. The number of fused-ring (bicyclic) bond motifs is 4. The summed E-state index contributed by atoms with van der Waals surface area (Å²) in [5, 5.41) is 8.08. The Labute approximate surface area is 164 Å². The lowest BCUT2D eigenvalue weighted by atomic mass is 9.86. The molecule has 2 aromatic rings. The molecule has 0 bridgehead atoms. The number of nitrogens with zero attached hydrogens (tertiary/aromatic N) is 2. The molecule has 5 rings (SSSR count). The van der Waals surface area contributed by atoms with Crippen LogP contribution in [-0.2, 0) is 0 Å². The Morgan fingerprint density at radius 1 is 1.11 bits per heavy atom. The lowest BCUT2D eigenvalue weighted by Crippen LogP contribution is -2.54. The lowest BCUT2D eigenvalue weighted by molar-refractivity contribution is -0.141. The van der Waals surface area contributed by atoms with Crippen LogP contribution in [0, 0.1) is 0 Å². The van der Waals surface area contributed by atoms with Gasteiger partial charge in [0.2, 0.25) is 0 Å². The molecule has 2 heterocycles. The van der Waals surface area contributed by atoms with Crippen molar-refractivity contribution >= 4 is 17.3 Å². The van der Waals surface area contributed by atoms with Gasteiger partial charge >= 0.3 is 0 Å². The molecule has 1 fully saturated rings. The van der Waals surface area contributed by atoms with Gasteiger partial charge in [-0.1, -0.05) is 42.3 Å². The Bertz CT molecular complexity index is 888. The van der Waals surface area contributed by atoms with E-state index in [4.69, 9.17) is 26.2 Å². The summed E-state index contributed by atoms with van der Waals surface area (Å²) in [6.45, 7) is 0. The minimum absolute atomic E-state index is 0.188. The second-order valence-corrected chi connectivity index (χ2v) is 8.04. The van der Waals surface area contributed by atoms with Crippen LogP contribution in [0.4, 0.5) is 0 Å². The second-order valence-electron chi connectivity index (χ2n) is 7.61. The lowest BCUT2D eigenvalue weighted by Gasteiger charge is -2.49. The van der Waals surface area contributed by atoms with Crippen molar-refractivity contribution in [1.82, 2.24) is 5.01 Å². The standard InChI is InChI=1S/C22H23ClN2O2/c1-26-20-7-5-6-17-19-14-18(15-8-10-16(23)11-9-15)24-25(19)22(27-21(17)20)12-3-2-4-13-22/h5-11,19H,2-4,12-14H2,1H3/t19-/m1/s1. The summed E-state index contributed by atoms with van der Waals surface area (Å²) < 4.78 is 12.3. The highest BCUT2D eigenvalue weighted by Gasteiger charge is 2.51. The summed E-state index contributed by atoms with van der Waals surface area (Å²) in [5.41, 5.74) is 3.03. The number of hydrazone groups is 1. The maximum atomic E-state index is 6.67. The fourth-order valence-corrected chi connectivity index (χ4v) is 4.81. The summed E-state index contributed by atoms with van der Waals surface area (Å²) in [7, 11) is 1.71. The van der Waals surface area contributed by atoms with E-state index in [1.54, 1.807) is 7.11 Å². The number of methoxy groups -OCH3 is 1. The Morgan fingerprint density at radius 2 is 1.89 bits per heavy atom. The molecule has 1 saturated carbocycles. The van der Waals surface area contributed by atoms with Crippen molar-refractivity contribution in [2.75, 3.05) is 7.11 Å². The fourth-order valence-electron chi connectivity index (χ4n) is 4.68. The smallest absolute Gasteiger partial charge is 0.198 e. The number of hydrogen-bond acceptors (Lipinski definition) is 4. The van der Waals surface area contributed by atoms with E-state index in [0.717, 1.165) is 47.1 Å². The van der Waals surface area contributed by atoms with Gasteiger partial charge in [0.05, 0.1) is 18.9 Å². The average Bonchev–Trinajstić information content (AvgIpc) is 3.16. The molecule has 27 heavy (non-hydrogen) atoms. The van der Waals surface area contributed by atoms with Crippen LogP contribution < -0.4 is 9.47 Å². The van der Waals surface area contributed by atoms with Gasteiger partial charge in [-0.3, -0.25) is 0 Å². The van der Waals surface area contributed by atoms with Crippen molar-refractivity contribution in [2.24, 2.45) is 5.10 Å². The van der Waals surface area contributed by atoms with Gasteiger partial charge in [0.1, 0.15) is 0 Å². The summed E-state index contributed by atoms with van der Waals surface area (Å²) in [6, 6.07) is 14.3. The van der Waals surface area contributed by atoms with Gasteiger partial charge < -0.3 is 9.47 Å². The van der Waals surface area contributed by atoms with Crippen molar-refractivity contribution < 1.29 is 9.47 Å². The summed E-state index contributed by atoms with van der Waals surface area (Å²) in [5.74, 6) is 1.72. The number of benzene rings is 2. The normalized spacial score (nSPS) is 22.7. The highest BCUT2D eigenvalue weighted by Crippen LogP contribution is 2.53. The molecule has 0 amide bonds. The molecule has 0 N–H and O–H groups in total. The minimum atomic E-state index is -0.362. The predicted octanol–water partition coefficient (Wildman–Crippen LogP) is 5.55. The number of rotatable bonds is 2. The molecule has 1 atom stereocenters. The second kappa shape index (κ2) is 6.45. The molecule has 3 aliphatic rings. The molecule has 0 aromatic heterocycles. The van der Waals surface area contributed by atoms with Crippen LogP contribution in [0.2, 0.25) is 5.02 Å². The van der Waals surface area contributed by atoms with Crippen molar-refractivity contribution in [2.45, 2.75) is 50.3 Å². The van der Waals surface area contributed by atoms with Crippen molar-refractivity contribution in [3.8, 4) is 11.5 Å². The van der Waals surface area contributed by atoms with Crippen LogP contribution in [0.15, 0.2) is 47.6 Å². The first-order valence-electron chi connectivity index (χ1n) is 9.69. The van der Waals surface area contributed by atoms with Gasteiger partial charge in [-0.05, 0) is 36.6 Å². The van der Waals surface area contributed by atoms with E-state index >= 15 is 0 Å². The monoisotopic (exact) mass is 382 g/mol. The molecular weight excluding hydrogens is 360 g/mol. The number of ether oxygens (including phenoxy) is 2. The molecule has 5 heteroatoms. The topological polar surface area (TPSA) is 34.1 Å². The van der Waals surface area contributed by atoms with Gasteiger partial charge in [-0.2, -0.15) is 5.10 Å². The van der Waals surface area contributed by atoms with E-state index in [1.165, 1.54) is 24.8 Å². The van der Waals surface area contributed by atoms with Crippen LogP contribution in [0.1, 0.15) is 55.7 Å². The highest BCUT2D eigenvalue weighted by atomic mass is 35.5. The van der Waals surface area contributed by atoms with E-state index in [2.05, 4.69) is 23.2 Å². The first kappa shape index (κ1) is 16.9. The predicted molar refractivity (Wildman–Crippen MR) is 107 cm³/mol. The maximum absolute atomic E-state index is 6.67. The zero-order valence-corrected chi connectivity index (χ0v) is 16.2. The molecule has 0 radical (unpaired) electrons. The van der Waals surface area contributed by atoms with E-state index in [9.17, 15) is 0 Å². The maximum Gasteiger partial charge on any atom is 0.198 e. The third-order valence-electron chi connectivity index (χ3n) is 6.02. The summed E-state index contributed by atoms with van der Waals surface area (Å²) in [6.07, 6.45) is 6.46. The molecule has 2 aliphatic heterocycles. The first-order valence-corrected chi connectivity index (χ1v) is 10.1. The molecule has 1 aliphatic carbocycles. The Balaban J connectivity index is 1.61. The van der Waals surface area contributed by atoms with Gasteiger partial charge in [0.15, 0.2) is 17.2 Å². The Kier molecular flexibility index (Phi) is 4.05. The number of para-hydroxylation sites is 1. The Hall–Kier alpha value is -2.20. The van der Waals surface area contributed by atoms with Gasteiger partial charge in [-0.25, -0.2) is 5.01 Å². The minimum Gasteiger partial charge on any atom is -0.493 e. The SMILES string of the molecule is COc1cccc2c1OC1(CCCCC1)N1N=C(c3ccc(Cl)cc3)C[C@H]21. The molecule has 1 spiro atoms. The quantitative estimate of drug-likeness (QED) is 0.682. The number of hydrogen-bond donors (Lipinski definition) is 0. The molecular formula is C22H23ClN2O2. The number of halogens is 1. The molecule has 4 nitrogen and oxygen atoms in total. The Morgan fingerprint density at radius 3 is 2.63 bits per heavy atom.